The molecule has 0 spiro atoms. The monoisotopic (exact) mass is 266 g/mol. The molecule has 0 aliphatic carbocycles. The first-order valence-corrected chi connectivity index (χ1v) is 7.69. The van der Waals surface area contributed by atoms with Crippen molar-refractivity contribution in [3.8, 4) is 0 Å². The molecule has 18 heavy (non-hydrogen) atoms. The number of aryl methyl sites for hydroxylation is 1. The van der Waals surface area contributed by atoms with Gasteiger partial charge in [-0.25, -0.2) is 0 Å². The fourth-order valence-electron chi connectivity index (χ4n) is 2.50. The third kappa shape index (κ3) is 2.59. The summed E-state index contributed by atoms with van der Waals surface area (Å²) in [6, 6.07) is 0.0268. The molecule has 4 heteroatoms. The zero-order valence-corrected chi connectivity index (χ0v) is 12.2. The molecule has 1 saturated heterocycles. The lowest BCUT2D eigenvalue weighted by molar-refractivity contribution is -0.130. The van der Waals surface area contributed by atoms with E-state index in [1.165, 1.54) is 11.1 Å². The van der Waals surface area contributed by atoms with Crippen LogP contribution in [-0.2, 0) is 11.3 Å². The van der Waals surface area contributed by atoms with Gasteiger partial charge in [0, 0.05) is 6.54 Å². The summed E-state index contributed by atoms with van der Waals surface area (Å²) in [5.41, 5.74) is 2.58. The summed E-state index contributed by atoms with van der Waals surface area (Å²) in [7, 11) is 0. The van der Waals surface area contributed by atoms with Gasteiger partial charge in [0.2, 0.25) is 5.91 Å². The molecule has 1 aliphatic rings. The van der Waals surface area contributed by atoms with Gasteiger partial charge < -0.3 is 4.90 Å². The van der Waals surface area contributed by atoms with Crippen LogP contribution < -0.4 is 5.32 Å². The van der Waals surface area contributed by atoms with Crippen molar-refractivity contribution in [2.75, 3.05) is 0 Å². The van der Waals surface area contributed by atoms with Gasteiger partial charge in [0.05, 0.1) is 12.2 Å². The van der Waals surface area contributed by atoms with Crippen molar-refractivity contribution in [2.24, 2.45) is 0 Å². The quantitative estimate of drug-likeness (QED) is 0.889. The third-order valence-corrected chi connectivity index (χ3v) is 4.53. The average molecular weight is 266 g/mol. The van der Waals surface area contributed by atoms with Crippen LogP contribution in [0, 0.1) is 6.92 Å². The summed E-state index contributed by atoms with van der Waals surface area (Å²) in [4.78, 5) is 14.4. The third-order valence-electron chi connectivity index (χ3n) is 3.62. The van der Waals surface area contributed by atoms with Crippen LogP contribution in [0.3, 0.4) is 0 Å². The molecule has 2 rings (SSSR count). The highest BCUT2D eigenvalue weighted by molar-refractivity contribution is 7.08. The smallest absolute Gasteiger partial charge is 0.241 e. The molecule has 2 heterocycles. The zero-order chi connectivity index (χ0) is 13.1. The first-order chi connectivity index (χ1) is 8.67. The molecular weight excluding hydrogens is 244 g/mol. The lowest BCUT2D eigenvalue weighted by Gasteiger charge is -2.23. The van der Waals surface area contributed by atoms with E-state index >= 15 is 0 Å². The molecule has 1 N–H and O–H groups in total. The molecule has 0 aromatic carbocycles. The summed E-state index contributed by atoms with van der Waals surface area (Å²) in [5.74, 6) is 0.273. The molecule has 1 aromatic rings. The predicted molar refractivity (Wildman–Crippen MR) is 75.5 cm³/mol. The van der Waals surface area contributed by atoms with Gasteiger partial charge in [-0.2, -0.15) is 11.3 Å². The molecule has 1 aliphatic heterocycles. The Bertz CT molecular complexity index is 416. The van der Waals surface area contributed by atoms with Gasteiger partial charge in [0.1, 0.15) is 0 Å². The highest BCUT2D eigenvalue weighted by atomic mass is 32.1. The van der Waals surface area contributed by atoms with Gasteiger partial charge >= 0.3 is 0 Å². The molecule has 1 amide bonds. The molecule has 2 atom stereocenters. The maximum Gasteiger partial charge on any atom is 0.241 e. The van der Waals surface area contributed by atoms with Crippen LogP contribution in [0.1, 0.15) is 44.2 Å². The Balaban J connectivity index is 2.10. The van der Waals surface area contributed by atoms with Crippen molar-refractivity contribution in [2.45, 2.75) is 58.8 Å². The number of thiophene rings is 1. The minimum atomic E-state index is 0.0268. The van der Waals surface area contributed by atoms with Crippen LogP contribution in [0.2, 0.25) is 0 Å². The van der Waals surface area contributed by atoms with E-state index in [0.717, 1.165) is 25.8 Å². The number of rotatable bonds is 5. The van der Waals surface area contributed by atoms with E-state index < -0.39 is 0 Å². The molecule has 0 radical (unpaired) electrons. The number of amides is 1. The van der Waals surface area contributed by atoms with Crippen LogP contribution in [0.15, 0.2) is 10.8 Å². The average Bonchev–Trinajstić information content (AvgIpc) is 2.88. The maximum absolute atomic E-state index is 12.4. The van der Waals surface area contributed by atoms with Crippen LogP contribution in [-0.4, -0.2) is 23.0 Å². The van der Waals surface area contributed by atoms with Crippen LogP contribution >= 0.6 is 11.3 Å². The van der Waals surface area contributed by atoms with Crippen molar-refractivity contribution in [3.63, 3.8) is 0 Å². The summed E-state index contributed by atoms with van der Waals surface area (Å²) >= 11 is 1.71. The van der Waals surface area contributed by atoms with Crippen molar-refractivity contribution >= 4 is 17.2 Å². The minimum absolute atomic E-state index is 0.0268. The van der Waals surface area contributed by atoms with E-state index in [1.54, 1.807) is 11.3 Å². The van der Waals surface area contributed by atoms with Gasteiger partial charge in [-0.3, -0.25) is 10.1 Å². The molecular formula is C14H22N2OS. The van der Waals surface area contributed by atoms with Crippen molar-refractivity contribution < 1.29 is 4.79 Å². The molecule has 0 bridgehead atoms. The Kier molecular flexibility index (Phi) is 4.40. The van der Waals surface area contributed by atoms with Gasteiger partial charge in [0.25, 0.3) is 0 Å². The predicted octanol–water partition coefficient (Wildman–Crippen LogP) is 2.89. The van der Waals surface area contributed by atoms with Crippen LogP contribution in [0.5, 0.6) is 0 Å². The molecule has 0 saturated carbocycles. The Hall–Kier alpha value is -0.870. The summed E-state index contributed by atoms with van der Waals surface area (Å²) in [6.07, 6.45) is 3.16. The van der Waals surface area contributed by atoms with Crippen LogP contribution in [0.25, 0.3) is 0 Å². The van der Waals surface area contributed by atoms with Crippen molar-refractivity contribution in [1.29, 1.82) is 0 Å². The number of nitrogens with one attached hydrogen (secondary N) is 1. The Morgan fingerprint density at radius 1 is 1.39 bits per heavy atom. The van der Waals surface area contributed by atoms with Gasteiger partial charge in [-0.1, -0.05) is 20.3 Å². The lowest BCUT2D eigenvalue weighted by atomic mass is 10.1. The Labute approximate surface area is 113 Å². The van der Waals surface area contributed by atoms with Gasteiger partial charge in [-0.05, 0) is 41.7 Å². The normalized spacial score (nSPS) is 23.9. The first kappa shape index (κ1) is 13.6. The highest BCUT2D eigenvalue weighted by Gasteiger charge is 2.37. The van der Waals surface area contributed by atoms with Crippen molar-refractivity contribution in [1.82, 2.24) is 10.2 Å². The number of carbonyl (C=O) groups excluding carboxylic acids is 1. The molecule has 2 unspecified atom stereocenters. The van der Waals surface area contributed by atoms with Crippen LogP contribution in [0.4, 0.5) is 0 Å². The molecule has 1 aromatic heterocycles. The minimum Gasteiger partial charge on any atom is -0.321 e. The first-order valence-electron chi connectivity index (χ1n) is 6.75. The molecule has 3 nitrogen and oxygen atoms in total. The standard InChI is InChI=1S/C14H22N2OS/c1-4-6-12-14(17)16(13(5-2)15-12)7-11-9-18-8-10(11)3/h8-9,12-13,15H,4-7H2,1-3H3. The molecule has 1 fully saturated rings. The Morgan fingerprint density at radius 3 is 2.72 bits per heavy atom. The highest BCUT2D eigenvalue weighted by Crippen LogP contribution is 2.22. The maximum atomic E-state index is 12.4. The number of hydrogen-bond donors (Lipinski definition) is 1. The summed E-state index contributed by atoms with van der Waals surface area (Å²) < 4.78 is 0. The zero-order valence-electron chi connectivity index (χ0n) is 11.4. The van der Waals surface area contributed by atoms with E-state index in [1.807, 2.05) is 4.90 Å². The summed E-state index contributed by atoms with van der Waals surface area (Å²) in [6.45, 7) is 7.12. The fraction of sp³-hybridized carbons (Fsp3) is 0.643. The van der Waals surface area contributed by atoms with E-state index in [0.29, 0.717) is 0 Å². The Morgan fingerprint density at radius 2 is 2.17 bits per heavy atom. The van der Waals surface area contributed by atoms with E-state index in [9.17, 15) is 4.79 Å². The number of hydrogen-bond acceptors (Lipinski definition) is 3. The van der Waals surface area contributed by atoms with E-state index in [4.69, 9.17) is 0 Å². The number of nitrogens with zero attached hydrogens (tertiary/aromatic N) is 1. The number of carbonyl (C=O) groups is 1. The summed E-state index contributed by atoms with van der Waals surface area (Å²) in [5, 5.41) is 7.75. The lowest BCUT2D eigenvalue weighted by Crippen LogP contribution is -2.36. The van der Waals surface area contributed by atoms with Crippen molar-refractivity contribution in [3.05, 3.63) is 21.9 Å². The van der Waals surface area contributed by atoms with E-state index in [2.05, 4.69) is 36.8 Å². The van der Waals surface area contributed by atoms with E-state index in [-0.39, 0.29) is 18.1 Å². The molecule has 100 valence electrons. The van der Waals surface area contributed by atoms with Gasteiger partial charge in [0.15, 0.2) is 0 Å². The van der Waals surface area contributed by atoms with Gasteiger partial charge in [-0.15, -0.1) is 0 Å². The topological polar surface area (TPSA) is 32.3 Å². The second-order valence-corrected chi connectivity index (χ2v) is 5.72. The SMILES string of the molecule is CCCC1NC(CC)N(Cc2cscc2C)C1=O. The fourth-order valence-corrected chi connectivity index (χ4v) is 3.35. The second kappa shape index (κ2) is 5.85. The largest absolute Gasteiger partial charge is 0.321 e. The second-order valence-electron chi connectivity index (χ2n) is 4.98.